The number of morpholine rings is 1. The molecule has 2 aromatic heterocycles. The Labute approximate surface area is 195 Å². The van der Waals surface area contributed by atoms with Gasteiger partial charge in [0.2, 0.25) is 0 Å². The van der Waals surface area contributed by atoms with E-state index in [1.807, 2.05) is 0 Å². The zero-order valence-electron chi connectivity index (χ0n) is 18.5. The minimum absolute atomic E-state index is 0.0214. The van der Waals surface area contributed by atoms with Gasteiger partial charge in [0.05, 0.1) is 48.2 Å². The molecule has 1 saturated heterocycles. The number of ether oxygens (including phenoxy) is 1. The van der Waals surface area contributed by atoms with E-state index in [-0.39, 0.29) is 17.9 Å². The molecule has 0 unspecified atom stereocenters. The molecule has 0 aliphatic carbocycles. The van der Waals surface area contributed by atoms with Crippen LogP contribution in [-0.4, -0.2) is 67.1 Å². The first-order chi connectivity index (χ1) is 16.4. The van der Waals surface area contributed by atoms with Gasteiger partial charge in [-0.25, -0.2) is 9.97 Å². The Morgan fingerprint density at radius 3 is 2.54 bits per heavy atom. The predicted molar refractivity (Wildman–Crippen MR) is 112 cm³/mol. The summed E-state index contributed by atoms with van der Waals surface area (Å²) < 4.78 is 71.6. The van der Waals surface area contributed by atoms with E-state index in [0.29, 0.717) is 17.4 Å². The Bertz CT molecular complexity index is 1190. The molecule has 1 aliphatic rings. The summed E-state index contributed by atoms with van der Waals surface area (Å²) in [6.07, 6.45) is -5.12. The Morgan fingerprint density at radius 1 is 1.20 bits per heavy atom. The second-order valence-corrected chi connectivity index (χ2v) is 7.97. The van der Waals surface area contributed by atoms with E-state index >= 15 is 0 Å². The highest BCUT2D eigenvalue weighted by atomic mass is 19.4. The maximum atomic E-state index is 14.3. The molecular weight excluding hydrogens is 477 g/mol. The average molecular weight is 497 g/mol. The van der Waals surface area contributed by atoms with E-state index in [1.165, 1.54) is 24.1 Å². The smallest absolute Gasteiger partial charge is 0.367 e. The molecule has 1 aliphatic heterocycles. The molecule has 14 heteroatoms. The fourth-order valence-electron chi connectivity index (χ4n) is 3.72. The van der Waals surface area contributed by atoms with Gasteiger partial charge in [0.1, 0.15) is 12.4 Å². The zero-order chi connectivity index (χ0) is 25.4. The van der Waals surface area contributed by atoms with Crippen molar-refractivity contribution in [2.45, 2.75) is 38.3 Å². The number of halogens is 5. The Kier molecular flexibility index (Phi) is 6.40. The number of anilines is 1. The largest absolute Gasteiger partial charge is 0.434 e. The number of hydrogen-bond acceptors (Lipinski definition) is 7. The normalized spacial score (nSPS) is 20.0. The second kappa shape index (κ2) is 9.17. The van der Waals surface area contributed by atoms with Gasteiger partial charge in [0.15, 0.2) is 5.69 Å². The van der Waals surface area contributed by atoms with Crippen molar-refractivity contribution in [1.82, 2.24) is 29.9 Å². The molecule has 3 aromatic rings. The summed E-state index contributed by atoms with van der Waals surface area (Å²) in [6.45, 7) is 1.96. The van der Waals surface area contributed by atoms with E-state index in [0.717, 1.165) is 11.1 Å². The molecule has 0 radical (unpaired) electrons. The van der Waals surface area contributed by atoms with Gasteiger partial charge in [-0.2, -0.15) is 36.9 Å². The van der Waals surface area contributed by atoms with Crippen molar-refractivity contribution in [3.8, 4) is 5.69 Å². The highest BCUT2D eigenvalue weighted by molar-refractivity contribution is 5.98. The van der Waals surface area contributed by atoms with E-state index < -0.39 is 42.6 Å². The van der Waals surface area contributed by atoms with Gasteiger partial charge in [-0.05, 0) is 26.0 Å². The van der Waals surface area contributed by atoms with Crippen molar-refractivity contribution in [3.05, 3.63) is 59.8 Å². The van der Waals surface area contributed by atoms with Gasteiger partial charge in [0, 0.05) is 6.54 Å². The lowest BCUT2D eigenvalue weighted by molar-refractivity contribution is -0.298. The van der Waals surface area contributed by atoms with Crippen LogP contribution in [0.25, 0.3) is 5.69 Å². The second-order valence-electron chi connectivity index (χ2n) is 7.97. The highest BCUT2D eigenvalue weighted by Crippen LogP contribution is 2.31. The average Bonchev–Trinajstić information content (AvgIpc) is 3.31. The van der Waals surface area contributed by atoms with Crippen LogP contribution in [0.5, 0.6) is 0 Å². The third kappa shape index (κ3) is 5.37. The number of aromatic nitrogens is 5. The van der Waals surface area contributed by atoms with Crippen LogP contribution in [-0.2, 0) is 10.9 Å². The number of aryl methyl sites for hydroxylation is 1. The molecule has 1 fully saturated rings. The lowest BCUT2D eigenvalue weighted by Crippen LogP contribution is -2.61. The van der Waals surface area contributed by atoms with Crippen molar-refractivity contribution in [2.24, 2.45) is 0 Å². The summed E-state index contributed by atoms with van der Waals surface area (Å²) in [7, 11) is 0. The fourth-order valence-corrected chi connectivity index (χ4v) is 3.72. The molecule has 9 nitrogen and oxygen atoms in total. The maximum absolute atomic E-state index is 14.3. The quantitative estimate of drug-likeness (QED) is 0.540. The summed E-state index contributed by atoms with van der Waals surface area (Å²) in [4.78, 5) is 22.7. The lowest BCUT2D eigenvalue weighted by atomic mass is 10.0. The van der Waals surface area contributed by atoms with Crippen LogP contribution in [0.1, 0.15) is 28.5 Å². The van der Waals surface area contributed by atoms with Crippen molar-refractivity contribution in [3.63, 3.8) is 0 Å². The number of alkyl halides is 5. The number of carbonyl (C=O) groups is 1. The molecular formula is C21H20F5N7O2. The zero-order valence-corrected chi connectivity index (χ0v) is 18.5. The topological polar surface area (TPSA) is 98.1 Å². The molecule has 1 aromatic carbocycles. The van der Waals surface area contributed by atoms with E-state index in [2.05, 4.69) is 25.5 Å². The number of nitrogens with one attached hydrogen (secondary N) is 1. The van der Waals surface area contributed by atoms with Crippen LogP contribution in [0, 0.1) is 6.92 Å². The minimum Gasteiger partial charge on any atom is -0.367 e. The number of carbonyl (C=O) groups excluding carboxylic acids is 1. The third-order valence-corrected chi connectivity index (χ3v) is 5.37. The summed E-state index contributed by atoms with van der Waals surface area (Å²) in [6, 6.07) is 3.97. The first-order valence-electron chi connectivity index (χ1n) is 10.4. The van der Waals surface area contributed by atoms with Gasteiger partial charge < -0.3 is 15.0 Å². The monoisotopic (exact) mass is 497 g/mol. The number of amides is 1. The van der Waals surface area contributed by atoms with Crippen LogP contribution >= 0.6 is 0 Å². The molecule has 186 valence electrons. The molecule has 0 spiro atoms. The standard InChI is InChI=1S/C21H20F5N7O2/c1-12-3-4-15(33-30-5-6-31-33)14(7-12)19(34)32-11-20(22,23)35-13(2)16(32)8-28-18-10-27-17(9-29-18)21(24,25)26/h3-7,9-10,13,16H,8,11H2,1-2H3,(H,28,29)/t13-,16+/m0/s1. The lowest BCUT2D eigenvalue weighted by Gasteiger charge is -2.43. The Balaban J connectivity index is 1.61. The van der Waals surface area contributed by atoms with Crippen LogP contribution in [0.4, 0.5) is 27.8 Å². The molecule has 1 N–H and O–H groups in total. The van der Waals surface area contributed by atoms with Crippen molar-refractivity contribution >= 4 is 11.7 Å². The molecule has 4 rings (SSSR count). The molecule has 35 heavy (non-hydrogen) atoms. The summed E-state index contributed by atoms with van der Waals surface area (Å²) in [5, 5.41) is 10.8. The Morgan fingerprint density at radius 2 is 1.91 bits per heavy atom. The first kappa shape index (κ1) is 24.4. The van der Waals surface area contributed by atoms with Gasteiger partial charge in [-0.15, -0.1) is 0 Å². The minimum atomic E-state index is -4.65. The van der Waals surface area contributed by atoms with Gasteiger partial charge in [-0.3, -0.25) is 4.79 Å². The van der Waals surface area contributed by atoms with Crippen molar-refractivity contribution in [2.75, 3.05) is 18.4 Å². The maximum Gasteiger partial charge on any atom is 0.434 e. The van der Waals surface area contributed by atoms with Crippen molar-refractivity contribution in [1.29, 1.82) is 0 Å². The van der Waals surface area contributed by atoms with Crippen LogP contribution in [0.2, 0.25) is 0 Å². The van der Waals surface area contributed by atoms with Crippen molar-refractivity contribution < 1.29 is 31.5 Å². The molecule has 0 saturated carbocycles. The van der Waals surface area contributed by atoms with Crippen LogP contribution in [0.15, 0.2) is 43.0 Å². The third-order valence-electron chi connectivity index (χ3n) is 5.37. The first-order valence-corrected chi connectivity index (χ1v) is 10.4. The fraction of sp³-hybridized carbons (Fsp3) is 0.381. The number of benzene rings is 1. The van der Waals surface area contributed by atoms with Crippen LogP contribution < -0.4 is 5.32 Å². The van der Waals surface area contributed by atoms with E-state index in [9.17, 15) is 26.7 Å². The number of nitrogens with zero attached hydrogens (tertiary/aromatic N) is 6. The molecule has 0 bridgehead atoms. The van der Waals surface area contributed by atoms with E-state index in [1.54, 1.807) is 25.1 Å². The number of rotatable bonds is 5. The number of hydrogen-bond donors (Lipinski definition) is 1. The van der Waals surface area contributed by atoms with Gasteiger partial charge in [0.25, 0.3) is 5.91 Å². The summed E-state index contributed by atoms with van der Waals surface area (Å²) in [5.74, 6) is -0.729. The molecule has 1 amide bonds. The molecule has 2 atom stereocenters. The van der Waals surface area contributed by atoms with Gasteiger partial charge >= 0.3 is 12.3 Å². The SMILES string of the molecule is Cc1ccc(-n2nccn2)c(C(=O)N2CC(F)(F)O[C@@H](C)[C@H]2CNc2cnc(C(F)(F)F)cn2)c1. The summed E-state index contributed by atoms with van der Waals surface area (Å²) in [5.41, 5.74) is -0.0566. The molecule has 3 heterocycles. The highest BCUT2D eigenvalue weighted by Gasteiger charge is 2.47. The van der Waals surface area contributed by atoms with E-state index in [4.69, 9.17) is 4.74 Å². The van der Waals surface area contributed by atoms with Crippen LogP contribution in [0.3, 0.4) is 0 Å². The Hall–Kier alpha value is -3.68. The summed E-state index contributed by atoms with van der Waals surface area (Å²) >= 11 is 0. The van der Waals surface area contributed by atoms with Gasteiger partial charge in [-0.1, -0.05) is 11.6 Å². The predicted octanol–water partition coefficient (Wildman–Crippen LogP) is 3.32.